The molecule has 172 valence electrons. The SMILES string of the molecule is CCOc1cccc2c1O[C@H](c1cc(OC)c(OC)c(OC)c1)N1N=C(c3cccs3)C[C@H]21. The molecule has 5 rings (SSSR count). The first kappa shape index (κ1) is 21.5. The lowest BCUT2D eigenvalue weighted by molar-refractivity contribution is -0.0214. The van der Waals surface area contributed by atoms with Gasteiger partial charge in [-0.25, -0.2) is 5.01 Å². The Kier molecular flexibility index (Phi) is 5.76. The van der Waals surface area contributed by atoms with Crippen molar-refractivity contribution in [2.75, 3.05) is 27.9 Å². The van der Waals surface area contributed by atoms with Gasteiger partial charge < -0.3 is 23.7 Å². The summed E-state index contributed by atoms with van der Waals surface area (Å²) in [6.45, 7) is 2.53. The lowest BCUT2D eigenvalue weighted by Gasteiger charge is -2.39. The van der Waals surface area contributed by atoms with Crippen molar-refractivity contribution in [3.05, 3.63) is 63.8 Å². The number of nitrogens with zero attached hydrogens (tertiary/aromatic N) is 2. The third-order valence-corrected chi connectivity index (χ3v) is 6.78. The number of methoxy groups -OCH3 is 3. The van der Waals surface area contributed by atoms with Crippen LogP contribution in [0.5, 0.6) is 28.7 Å². The number of rotatable bonds is 7. The number of hydrogen-bond acceptors (Lipinski definition) is 8. The smallest absolute Gasteiger partial charge is 0.214 e. The molecule has 2 aromatic carbocycles. The van der Waals surface area contributed by atoms with E-state index < -0.39 is 6.23 Å². The Balaban J connectivity index is 1.65. The van der Waals surface area contributed by atoms with E-state index >= 15 is 0 Å². The lowest BCUT2D eigenvalue weighted by atomic mass is 9.97. The zero-order valence-corrected chi connectivity index (χ0v) is 19.8. The third-order valence-electron chi connectivity index (χ3n) is 5.86. The molecule has 1 aromatic heterocycles. The molecule has 0 radical (unpaired) electrons. The number of para-hydroxylation sites is 1. The van der Waals surface area contributed by atoms with Crippen LogP contribution in [0.3, 0.4) is 0 Å². The van der Waals surface area contributed by atoms with Crippen molar-refractivity contribution in [2.24, 2.45) is 5.10 Å². The average Bonchev–Trinajstić information content (AvgIpc) is 3.53. The van der Waals surface area contributed by atoms with Gasteiger partial charge in [-0.1, -0.05) is 18.2 Å². The summed E-state index contributed by atoms with van der Waals surface area (Å²) in [5, 5.41) is 9.13. The average molecular weight is 467 g/mol. The number of fused-ring (bicyclic) bond motifs is 3. The summed E-state index contributed by atoms with van der Waals surface area (Å²) in [6, 6.07) is 14.0. The number of benzene rings is 2. The summed E-state index contributed by atoms with van der Waals surface area (Å²) in [4.78, 5) is 1.16. The zero-order chi connectivity index (χ0) is 22.9. The van der Waals surface area contributed by atoms with Crippen LogP contribution in [0.1, 0.15) is 41.6 Å². The molecule has 0 aliphatic carbocycles. The van der Waals surface area contributed by atoms with Crippen molar-refractivity contribution in [3.8, 4) is 28.7 Å². The molecule has 0 amide bonds. The van der Waals surface area contributed by atoms with Gasteiger partial charge in [0.2, 0.25) is 12.0 Å². The molecular formula is C25H26N2O5S. The first-order valence-corrected chi connectivity index (χ1v) is 11.7. The van der Waals surface area contributed by atoms with Crippen LogP contribution < -0.4 is 23.7 Å². The van der Waals surface area contributed by atoms with E-state index in [1.165, 1.54) is 0 Å². The van der Waals surface area contributed by atoms with Crippen LogP contribution in [0.15, 0.2) is 52.9 Å². The van der Waals surface area contributed by atoms with Crippen LogP contribution in [-0.2, 0) is 0 Å². The number of hydrogen-bond donors (Lipinski definition) is 0. The van der Waals surface area contributed by atoms with Crippen molar-refractivity contribution in [1.82, 2.24) is 5.01 Å². The van der Waals surface area contributed by atoms with E-state index in [9.17, 15) is 0 Å². The molecule has 8 heteroatoms. The van der Waals surface area contributed by atoms with Gasteiger partial charge in [0.15, 0.2) is 23.0 Å². The molecule has 0 spiro atoms. The van der Waals surface area contributed by atoms with Crippen LogP contribution in [-0.4, -0.2) is 38.7 Å². The van der Waals surface area contributed by atoms with Crippen LogP contribution in [0.25, 0.3) is 0 Å². The highest BCUT2D eigenvalue weighted by Crippen LogP contribution is 2.52. The van der Waals surface area contributed by atoms with Gasteiger partial charge >= 0.3 is 0 Å². The minimum Gasteiger partial charge on any atom is -0.493 e. The quantitative estimate of drug-likeness (QED) is 0.464. The molecule has 0 bridgehead atoms. The van der Waals surface area contributed by atoms with Crippen molar-refractivity contribution in [3.63, 3.8) is 0 Å². The second-order valence-electron chi connectivity index (χ2n) is 7.66. The number of hydrazone groups is 1. The summed E-state index contributed by atoms with van der Waals surface area (Å²) in [5.74, 6) is 3.16. The normalized spacial score (nSPS) is 18.7. The van der Waals surface area contributed by atoms with Crippen molar-refractivity contribution < 1.29 is 23.7 Å². The monoisotopic (exact) mass is 466 g/mol. The maximum absolute atomic E-state index is 6.60. The van der Waals surface area contributed by atoms with E-state index in [1.807, 2.05) is 42.3 Å². The van der Waals surface area contributed by atoms with Crippen LogP contribution in [0, 0.1) is 0 Å². The standard InChI is InChI=1S/C25H26N2O5S/c1-5-31-19-9-6-8-16-18-14-17(22-10-7-11-33-22)26-27(18)25(32-23(16)19)15-12-20(28-2)24(30-4)21(13-15)29-3/h6-13,18,25H,5,14H2,1-4H3/t18-,25-/m1/s1. The highest BCUT2D eigenvalue weighted by atomic mass is 32.1. The van der Waals surface area contributed by atoms with Crippen molar-refractivity contribution in [2.45, 2.75) is 25.6 Å². The molecular weight excluding hydrogens is 440 g/mol. The van der Waals surface area contributed by atoms with Gasteiger partial charge in [-0.2, -0.15) is 5.10 Å². The Labute approximate surface area is 197 Å². The highest BCUT2D eigenvalue weighted by molar-refractivity contribution is 7.12. The van der Waals surface area contributed by atoms with E-state index in [2.05, 4.69) is 17.5 Å². The minimum absolute atomic E-state index is 0.0235. The van der Waals surface area contributed by atoms with E-state index in [4.69, 9.17) is 28.8 Å². The Bertz CT molecular complexity index is 1150. The fourth-order valence-electron chi connectivity index (χ4n) is 4.41. The summed E-state index contributed by atoms with van der Waals surface area (Å²) in [5.41, 5.74) is 2.97. The molecule has 0 saturated carbocycles. The van der Waals surface area contributed by atoms with Gasteiger partial charge in [0, 0.05) is 17.5 Å². The zero-order valence-electron chi connectivity index (χ0n) is 19.0. The lowest BCUT2D eigenvalue weighted by Crippen LogP contribution is -2.34. The fourth-order valence-corrected chi connectivity index (χ4v) is 5.13. The van der Waals surface area contributed by atoms with Gasteiger partial charge in [-0.15, -0.1) is 11.3 Å². The Morgan fingerprint density at radius 2 is 1.82 bits per heavy atom. The topological polar surface area (TPSA) is 61.8 Å². The largest absolute Gasteiger partial charge is 0.493 e. The van der Waals surface area contributed by atoms with E-state index in [-0.39, 0.29) is 6.04 Å². The second-order valence-corrected chi connectivity index (χ2v) is 8.61. The van der Waals surface area contributed by atoms with E-state index in [0.717, 1.165) is 39.6 Å². The van der Waals surface area contributed by atoms with Gasteiger partial charge in [-0.05, 0) is 36.6 Å². The molecule has 2 atom stereocenters. The predicted molar refractivity (Wildman–Crippen MR) is 127 cm³/mol. The molecule has 3 aromatic rings. The molecule has 33 heavy (non-hydrogen) atoms. The second kappa shape index (κ2) is 8.86. The summed E-state index contributed by atoms with van der Waals surface area (Å²) < 4.78 is 29.2. The molecule has 7 nitrogen and oxygen atoms in total. The van der Waals surface area contributed by atoms with Crippen LogP contribution in [0.4, 0.5) is 0 Å². The van der Waals surface area contributed by atoms with E-state index in [1.54, 1.807) is 32.7 Å². The van der Waals surface area contributed by atoms with Crippen LogP contribution in [0.2, 0.25) is 0 Å². The van der Waals surface area contributed by atoms with Crippen molar-refractivity contribution >= 4 is 17.0 Å². The molecule has 3 heterocycles. The summed E-state index contributed by atoms with van der Waals surface area (Å²) in [7, 11) is 4.81. The summed E-state index contributed by atoms with van der Waals surface area (Å²) >= 11 is 1.69. The fraction of sp³-hybridized carbons (Fsp3) is 0.320. The molecule has 0 unspecified atom stereocenters. The first-order valence-electron chi connectivity index (χ1n) is 10.8. The van der Waals surface area contributed by atoms with Crippen molar-refractivity contribution in [1.29, 1.82) is 0 Å². The maximum atomic E-state index is 6.60. The van der Waals surface area contributed by atoms with Gasteiger partial charge in [0.05, 0.1) is 44.6 Å². The summed E-state index contributed by atoms with van der Waals surface area (Å²) in [6.07, 6.45) is 0.295. The number of ether oxygens (including phenoxy) is 5. The van der Waals surface area contributed by atoms with Gasteiger partial charge in [-0.3, -0.25) is 0 Å². The Hall–Kier alpha value is -3.39. The van der Waals surface area contributed by atoms with Gasteiger partial charge in [0.1, 0.15) is 0 Å². The first-order chi connectivity index (χ1) is 16.2. The maximum Gasteiger partial charge on any atom is 0.214 e. The Morgan fingerprint density at radius 3 is 2.45 bits per heavy atom. The third kappa shape index (κ3) is 3.64. The van der Waals surface area contributed by atoms with Gasteiger partial charge in [0.25, 0.3) is 0 Å². The minimum atomic E-state index is -0.490. The molecule has 0 N–H and O–H groups in total. The Morgan fingerprint density at radius 1 is 1.03 bits per heavy atom. The molecule has 2 aliphatic rings. The molecule has 0 saturated heterocycles. The molecule has 2 aliphatic heterocycles. The van der Waals surface area contributed by atoms with Crippen LogP contribution >= 0.6 is 11.3 Å². The predicted octanol–water partition coefficient (Wildman–Crippen LogP) is 5.41. The van der Waals surface area contributed by atoms with E-state index in [0.29, 0.717) is 23.9 Å². The highest BCUT2D eigenvalue weighted by Gasteiger charge is 2.43. The number of thiophene rings is 1. The molecule has 0 fully saturated rings.